The first-order chi connectivity index (χ1) is 9.26. The van der Waals surface area contributed by atoms with Crippen molar-refractivity contribution >= 4 is 15.9 Å². The lowest BCUT2D eigenvalue weighted by molar-refractivity contribution is 0.116. The lowest BCUT2D eigenvalue weighted by Crippen LogP contribution is -2.16. The summed E-state index contributed by atoms with van der Waals surface area (Å²) in [6.07, 6.45) is 1.08. The van der Waals surface area contributed by atoms with Crippen LogP contribution in [0.25, 0.3) is 11.4 Å². The summed E-state index contributed by atoms with van der Waals surface area (Å²) in [5.74, 6) is 1.24. The Bertz CT molecular complexity index is 555. The Morgan fingerprint density at radius 3 is 2.84 bits per heavy atom. The largest absolute Gasteiger partial charge is 0.380 e. The first kappa shape index (κ1) is 12.8. The molecule has 6 heteroatoms. The molecule has 2 heterocycles. The maximum atomic E-state index is 5.34. The quantitative estimate of drug-likeness (QED) is 0.940. The number of hydrogen-bond acceptors (Lipinski definition) is 5. The summed E-state index contributed by atoms with van der Waals surface area (Å²) in [7, 11) is 1.72. The molecule has 3 rings (SSSR count). The lowest BCUT2D eigenvalue weighted by atomic mass is 10.2. The SMILES string of the molecule is COC1CNC(c2nc(-c3ccc(Br)cc3)no2)C1. The van der Waals surface area contributed by atoms with E-state index in [-0.39, 0.29) is 12.1 Å². The predicted octanol–water partition coefficient (Wildman–Crippen LogP) is 2.55. The van der Waals surface area contributed by atoms with E-state index in [1.807, 2.05) is 24.3 Å². The second-order valence-electron chi connectivity index (χ2n) is 4.52. The van der Waals surface area contributed by atoms with Gasteiger partial charge in [-0.25, -0.2) is 0 Å². The van der Waals surface area contributed by atoms with Crippen molar-refractivity contribution in [1.82, 2.24) is 15.5 Å². The third-order valence-corrected chi connectivity index (χ3v) is 3.79. The molecule has 19 heavy (non-hydrogen) atoms. The Hall–Kier alpha value is -1.24. The third kappa shape index (κ3) is 2.70. The Morgan fingerprint density at radius 1 is 1.37 bits per heavy atom. The van der Waals surface area contributed by atoms with Crippen LogP contribution in [0, 0.1) is 0 Å². The number of nitrogens with zero attached hydrogens (tertiary/aromatic N) is 2. The highest BCUT2D eigenvalue weighted by Gasteiger charge is 2.29. The second-order valence-corrected chi connectivity index (χ2v) is 5.43. The van der Waals surface area contributed by atoms with Gasteiger partial charge in [0.2, 0.25) is 11.7 Å². The Morgan fingerprint density at radius 2 is 2.16 bits per heavy atom. The number of aromatic nitrogens is 2. The van der Waals surface area contributed by atoms with Crippen LogP contribution in [0.15, 0.2) is 33.3 Å². The molecule has 1 aliphatic rings. The summed E-state index contributed by atoms with van der Waals surface area (Å²) in [5, 5.41) is 7.35. The van der Waals surface area contributed by atoms with Gasteiger partial charge in [-0.15, -0.1) is 0 Å². The molecule has 1 saturated heterocycles. The normalized spacial score (nSPS) is 22.8. The molecule has 2 atom stereocenters. The number of hydrogen-bond donors (Lipinski definition) is 1. The maximum absolute atomic E-state index is 5.34. The van der Waals surface area contributed by atoms with Gasteiger partial charge in [-0.05, 0) is 30.7 Å². The van der Waals surface area contributed by atoms with Crippen LogP contribution in [0.2, 0.25) is 0 Å². The molecule has 0 aliphatic carbocycles. The fourth-order valence-corrected chi connectivity index (χ4v) is 2.43. The minimum atomic E-state index is 0.0849. The third-order valence-electron chi connectivity index (χ3n) is 3.27. The van der Waals surface area contributed by atoms with Crippen molar-refractivity contribution in [3.05, 3.63) is 34.6 Å². The molecule has 0 amide bonds. The van der Waals surface area contributed by atoms with Crippen LogP contribution in [-0.4, -0.2) is 29.9 Å². The van der Waals surface area contributed by atoms with Gasteiger partial charge in [-0.3, -0.25) is 0 Å². The monoisotopic (exact) mass is 323 g/mol. The first-order valence-electron chi connectivity index (χ1n) is 6.12. The summed E-state index contributed by atoms with van der Waals surface area (Å²) in [6.45, 7) is 0.817. The predicted molar refractivity (Wildman–Crippen MR) is 73.6 cm³/mol. The molecule has 0 bridgehead atoms. The van der Waals surface area contributed by atoms with Gasteiger partial charge >= 0.3 is 0 Å². The van der Waals surface area contributed by atoms with Crippen molar-refractivity contribution in [2.75, 3.05) is 13.7 Å². The van der Waals surface area contributed by atoms with E-state index < -0.39 is 0 Å². The number of halogens is 1. The molecule has 0 saturated carbocycles. The first-order valence-corrected chi connectivity index (χ1v) is 6.91. The van der Waals surface area contributed by atoms with Gasteiger partial charge in [0.15, 0.2) is 0 Å². The molecular weight excluding hydrogens is 310 g/mol. The van der Waals surface area contributed by atoms with E-state index in [1.54, 1.807) is 7.11 Å². The number of methoxy groups -OCH3 is 1. The fourth-order valence-electron chi connectivity index (χ4n) is 2.16. The van der Waals surface area contributed by atoms with Gasteiger partial charge in [0, 0.05) is 23.7 Å². The molecular formula is C13H14BrN3O2. The van der Waals surface area contributed by atoms with E-state index in [0.29, 0.717) is 11.7 Å². The van der Waals surface area contributed by atoms with Gasteiger partial charge < -0.3 is 14.6 Å². The van der Waals surface area contributed by atoms with Crippen LogP contribution in [0.3, 0.4) is 0 Å². The molecule has 1 aromatic carbocycles. The summed E-state index contributed by atoms with van der Waals surface area (Å²) < 4.78 is 11.7. The van der Waals surface area contributed by atoms with Crippen molar-refractivity contribution in [2.45, 2.75) is 18.6 Å². The molecule has 2 aromatic rings. The van der Waals surface area contributed by atoms with Gasteiger partial charge in [-0.1, -0.05) is 21.1 Å². The zero-order chi connectivity index (χ0) is 13.2. The highest BCUT2D eigenvalue weighted by molar-refractivity contribution is 9.10. The molecule has 5 nitrogen and oxygen atoms in total. The van der Waals surface area contributed by atoms with E-state index in [2.05, 4.69) is 31.4 Å². The average Bonchev–Trinajstić information content (AvgIpc) is 3.08. The van der Waals surface area contributed by atoms with Crippen molar-refractivity contribution in [1.29, 1.82) is 0 Å². The Kier molecular flexibility index (Phi) is 3.63. The Labute approximate surface area is 119 Å². The molecule has 1 fully saturated rings. The molecule has 0 radical (unpaired) electrons. The number of rotatable bonds is 3. The van der Waals surface area contributed by atoms with E-state index in [4.69, 9.17) is 9.26 Å². The van der Waals surface area contributed by atoms with E-state index in [0.717, 1.165) is 23.0 Å². The van der Waals surface area contributed by atoms with E-state index in [1.165, 1.54) is 0 Å². The van der Waals surface area contributed by atoms with Crippen LogP contribution < -0.4 is 5.32 Å². The van der Waals surface area contributed by atoms with Crippen LogP contribution in [-0.2, 0) is 4.74 Å². The van der Waals surface area contributed by atoms with Gasteiger partial charge in [0.05, 0.1) is 12.1 Å². The van der Waals surface area contributed by atoms with Crippen LogP contribution in [0.5, 0.6) is 0 Å². The molecule has 1 aromatic heterocycles. The Balaban J connectivity index is 1.78. The summed E-state index contributed by atoms with van der Waals surface area (Å²) >= 11 is 3.40. The lowest BCUT2D eigenvalue weighted by Gasteiger charge is -2.04. The smallest absolute Gasteiger partial charge is 0.244 e. The van der Waals surface area contributed by atoms with E-state index >= 15 is 0 Å². The van der Waals surface area contributed by atoms with Crippen molar-refractivity contribution in [3.63, 3.8) is 0 Å². The average molecular weight is 324 g/mol. The standard InChI is InChI=1S/C13H14BrN3O2/c1-18-10-6-11(15-7-10)13-16-12(17-19-13)8-2-4-9(14)5-3-8/h2-5,10-11,15H,6-7H2,1H3. The summed E-state index contributed by atoms with van der Waals surface area (Å²) in [4.78, 5) is 4.45. The van der Waals surface area contributed by atoms with Gasteiger partial charge in [0.1, 0.15) is 0 Å². The highest BCUT2D eigenvalue weighted by atomic mass is 79.9. The molecule has 2 unspecified atom stereocenters. The molecule has 0 spiro atoms. The second kappa shape index (κ2) is 5.40. The molecule has 1 N–H and O–H groups in total. The van der Waals surface area contributed by atoms with Gasteiger partial charge in [-0.2, -0.15) is 4.98 Å². The summed E-state index contributed by atoms with van der Waals surface area (Å²) in [5.41, 5.74) is 0.944. The minimum Gasteiger partial charge on any atom is -0.380 e. The molecule has 100 valence electrons. The maximum Gasteiger partial charge on any atom is 0.244 e. The van der Waals surface area contributed by atoms with Crippen LogP contribution in [0.1, 0.15) is 18.4 Å². The van der Waals surface area contributed by atoms with Crippen LogP contribution >= 0.6 is 15.9 Å². The van der Waals surface area contributed by atoms with E-state index in [9.17, 15) is 0 Å². The zero-order valence-electron chi connectivity index (χ0n) is 10.5. The number of ether oxygens (including phenoxy) is 1. The van der Waals surface area contributed by atoms with Crippen molar-refractivity contribution in [3.8, 4) is 11.4 Å². The van der Waals surface area contributed by atoms with Crippen molar-refractivity contribution in [2.24, 2.45) is 0 Å². The van der Waals surface area contributed by atoms with Crippen molar-refractivity contribution < 1.29 is 9.26 Å². The topological polar surface area (TPSA) is 60.2 Å². The highest BCUT2D eigenvalue weighted by Crippen LogP contribution is 2.26. The fraction of sp³-hybridized carbons (Fsp3) is 0.385. The zero-order valence-corrected chi connectivity index (χ0v) is 12.1. The number of benzene rings is 1. The number of nitrogens with one attached hydrogen (secondary N) is 1. The minimum absolute atomic E-state index is 0.0849. The molecule has 1 aliphatic heterocycles. The van der Waals surface area contributed by atoms with Crippen LogP contribution in [0.4, 0.5) is 0 Å². The van der Waals surface area contributed by atoms with Gasteiger partial charge in [0.25, 0.3) is 0 Å². The summed E-state index contributed by atoms with van der Waals surface area (Å²) in [6, 6.07) is 7.92.